The Bertz CT molecular complexity index is 419. The topological polar surface area (TPSA) is 75.6 Å². The van der Waals surface area contributed by atoms with E-state index in [0.717, 1.165) is 25.7 Å². The van der Waals surface area contributed by atoms with Crippen LogP contribution in [0.2, 0.25) is 0 Å². The first-order valence-corrected chi connectivity index (χ1v) is 7.76. The summed E-state index contributed by atoms with van der Waals surface area (Å²) >= 11 is 0. The van der Waals surface area contributed by atoms with Gasteiger partial charge in [0.15, 0.2) is 0 Å². The number of carboxylic acid groups (broad SMARTS) is 1. The third-order valence-corrected chi connectivity index (χ3v) is 4.33. The average Bonchev–Trinajstić information content (AvgIpc) is 3.05. The Kier molecular flexibility index (Phi) is 5.91. The molecule has 21 heavy (non-hydrogen) atoms. The van der Waals surface area contributed by atoms with Gasteiger partial charge >= 0.3 is 12.1 Å². The Hall–Kier alpha value is -1.70. The Labute approximate surface area is 125 Å². The van der Waals surface area contributed by atoms with Crippen LogP contribution in [0.5, 0.6) is 0 Å². The summed E-state index contributed by atoms with van der Waals surface area (Å²) in [4.78, 5) is 21.9. The zero-order valence-electron chi connectivity index (χ0n) is 12.3. The minimum atomic E-state index is -0.801. The molecule has 0 aliphatic heterocycles. The number of nitrogens with one attached hydrogen (secondary N) is 1. The maximum atomic E-state index is 11.5. The molecule has 0 aromatic carbocycles. The van der Waals surface area contributed by atoms with E-state index < -0.39 is 5.97 Å². The van der Waals surface area contributed by atoms with Gasteiger partial charge in [0.05, 0.1) is 6.61 Å². The average molecular weight is 293 g/mol. The molecule has 0 aromatic rings. The number of hydrogen-bond acceptors (Lipinski definition) is 3. The van der Waals surface area contributed by atoms with Crippen LogP contribution in [0.15, 0.2) is 0 Å². The second-order valence-corrected chi connectivity index (χ2v) is 5.80. The molecule has 2 aliphatic rings. The van der Waals surface area contributed by atoms with Crippen LogP contribution in [0.3, 0.4) is 0 Å². The number of fused-ring (bicyclic) bond motifs is 1. The number of amides is 1. The van der Waals surface area contributed by atoms with Crippen molar-refractivity contribution in [1.82, 2.24) is 5.32 Å². The molecule has 1 fully saturated rings. The second kappa shape index (κ2) is 7.92. The minimum absolute atomic E-state index is 0.143. The molecule has 0 spiro atoms. The number of rotatable bonds is 7. The van der Waals surface area contributed by atoms with Crippen molar-refractivity contribution in [2.24, 2.45) is 17.8 Å². The summed E-state index contributed by atoms with van der Waals surface area (Å²) in [6.07, 6.45) is 5.17. The van der Waals surface area contributed by atoms with Gasteiger partial charge in [-0.1, -0.05) is 0 Å². The van der Waals surface area contributed by atoms with Gasteiger partial charge < -0.3 is 15.2 Å². The van der Waals surface area contributed by atoms with Crippen LogP contribution in [-0.4, -0.2) is 30.3 Å². The number of alkyl carbamates (subject to hydrolysis) is 1. The van der Waals surface area contributed by atoms with Crippen molar-refractivity contribution >= 4 is 12.1 Å². The van der Waals surface area contributed by atoms with E-state index in [2.05, 4.69) is 17.2 Å². The van der Waals surface area contributed by atoms with Gasteiger partial charge in [-0.3, -0.25) is 4.79 Å². The van der Waals surface area contributed by atoms with E-state index in [9.17, 15) is 9.59 Å². The highest BCUT2D eigenvalue weighted by Gasteiger charge is 2.49. The quantitative estimate of drug-likeness (QED) is 0.558. The van der Waals surface area contributed by atoms with Gasteiger partial charge in [0, 0.05) is 25.8 Å². The number of carbonyl (C=O) groups is 2. The van der Waals surface area contributed by atoms with Crippen molar-refractivity contribution in [3.05, 3.63) is 0 Å². The molecule has 3 atom stereocenters. The van der Waals surface area contributed by atoms with Gasteiger partial charge in [-0.25, -0.2) is 4.79 Å². The van der Waals surface area contributed by atoms with E-state index in [-0.39, 0.29) is 12.5 Å². The number of carbonyl (C=O) groups excluding carboxylic acids is 1. The fourth-order valence-corrected chi connectivity index (χ4v) is 3.10. The molecule has 0 heterocycles. The number of unbranched alkanes of at least 4 members (excludes halogenated alkanes) is 1. The van der Waals surface area contributed by atoms with Gasteiger partial charge in [-0.15, -0.1) is 11.8 Å². The first kappa shape index (κ1) is 15.7. The van der Waals surface area contributed by atoms with Gasteiger partial charge in [0.2, 0.25) is 0 Å². The highest BCUT2D eigenvalue weighted by Crippen LogP contribution is 2.52. The zero-order chi connectivity index (χ0) is 15.1. The maximum absolute atomic E-state index is 11.5. The van der Waals surface area contributed by atoms with Crippen molar-refractivity contribution in [2.75, 3.05) is 13.2 Å². The predicted octanol–water partition coefficient (Wildman–Crippen LogP) is 2.41. The second-order valence-electron chi connectivity index (χ2n) is 5.80. The summed E-state index contributed by atoms with van der Waals surface area (Å²) in [7, 11) is 0. The predicted molar refractivity (Wildman–Crippen MR) is 77.6 cm³/mol. The number of aliphatic carboxylic acids is 1. The van der Waals surface area contributed by atoms with E-state index in [1.165, 1.54) is 0 Å². The summed E-state index contributed by atoms with van der Waals surface area (Å²) in [5.74, 6) is 7.40. The molecular weight excluding hydrogens is 270 g/mol. The first-order valence-electron chi connectivity index (χ1n) is 7.76. The molecule has 0 bridgehead atoms. The highest BCUT2D eigenvalue weighted by atomic mass is 16.5. The molecule has 2 aliphatic carbocycles. The number of hydrogen-bond donors (Lipinski definition) is 2. The van der Waals surface area contributed by atoms with Crippen LogP contribution in [-0.2, 0) is 9.53 Å². The molecule has 0 radical (unpaired) electrons. The standard InChI is InChI=1S/C16H23NO4/c18-15(19)9-5-6-10-17-16(20)21-11-14-12-7-3-1-2-4-8-13(12)14/h12-14H,3-11H2,(H,17,20)(H,18,19)/t12-,13+,14?. The van der Waals surface area contributed by atoms with Gasteiger partial charge in [0.25, 0.3) is 0 Å². The van der Waals surface area contributed by atoms with Crippen molar-refractivity contribution in [2.45, 2.75) is 44.9 Å². The summed E-state index contributed by atoms with van der Waals surface area (Å²) in [6.45, 7) is 0.966. The Balaban J connectivity index is 1.53. The molecule has 1 unspecified atom stereocenters. The van der Waals surface area contributed by atoms with E-state index in [0.29, 0.717) is 43.7 Å². The first-order chi connectivity index (χ1) is 10.2. The normalized spacial score (nSPS) is 26.4. The molecule has 0 aromatic heterocycles. The molecule has 2 rings (SSSR count). The van der Waals surface area contributed by atoms with E-state index in [1.807, 2.05) is 0 Å². The third kappa shape index (κ3) is 5.30. The molecule has 1 amide bonds. The Morgan fingerprint density at radius 2 is 1.81 bits per heavy atom. The third-order valence-electron chi connectivity index (χ3n) is 4.33. The lowest BCUT2D eigenvalue weighted by molar-refractivity contribution is -0.137. The Morgan fingerprint density at radius 1 is 1.14 bits per heavy atom. The van der Waals surface area contributed by atoms with Crippen LogP contribution in [0.1, 0.15) is 44.9 Å². The summed E-state index contributed by atoms with van der Waals surface area (Å²) in [5.41, 5.74) is 0. The molecular formula is C16H23NO4. The summed E-state index contributed by atoms with van der Waals surface area (Å²) < 4.78 is 5.26. The van der Waals surface area contributed by atoms with Gasteiger partial charge in [-0.2, -0.15) is 0 Å². The maximum Gasteiger partial charge on any atom is 0.407 e. The molecule has 116 valence electrons. The largest absolute Gasteiger partial charge is 0.481 e. The monoisotopic (exact) mass is 293 g/mol. The summed E-state index contributed by atoms with van der Waals surface area (Å²) in [5, 5.41) is 11.2. The van der Waals surface area contributed by atoms with Gasteiger partial charge in [0.1, 0.15) is 0 Å². The molecule has 0 saturated heterocycles. The smallest absolute Gasteiger partial charge is 0.407 e. The number of carboxylic acids is 1. The molecule has 2 N–H and O–H groups in total. The van der Waals surface area contributed by atoms with Gasteiger partial charge in [-0.05, 0) is 43.4 Å². The van der Waals surface area contributed by atoms with Crippen LogP contribution in [0.4, 0.5) is 4.79 Å². The lowest BCUT2D eigenvalue weighted by Crippen LogP contribution is -2.26. The highest BCUT2D eigenvalue weighted by molar-refractivity contribution is 5.67. The van der Waals surface area contributed by atoms with E-state index >= 15 is 0 Å². The Morgan fingerprint density at radius 3 is 2.43 bits per heavy atom. The lowest BCUT2D eigenvalue weighted by Gasteiger charge is -2.06. The van der Waals surface area contributed by atoms with E-state index in [4.69, 9.17) is 9.84 Å². The van der Waals surface area contributed by atoms with Crippen molar-refractivity contribution < 1.29 is 19.4 Å². The number of ether oxygens (including phenoxy) is 1. The molecule has 5 heteroatoms. The van der Waals surface area contributed by atoms with Crippen LogP contribution in [0.25, 0.3) is 0 Å². The SMILES string of the molecule is O=C(O)CCCCNC(=O)OCC1[C@H]2CCC#CCC[C@@H]12. The van der Waals surface area contributed by atoms with Crippen molar-refractivity contribution in [3.63, 3.8) is 0 Å². The molecule has 1 saturated carbocycles. The lowest BCUT2D eigenvalue weighted by atomic mass is 10.1. The molecule has 5 nitrogen and oxygen atoms in total. The van der Waals surface area contributed by atoms with Crippen molar-refractivity contribution in [1.29, 1.82) is 0 Å². The fourth-order valence-electron chi connectivity index (χ4n) is 3.10. The zero-order valence-corrected chi connectivity index (χ0v) is 12.3. The van der Waals surface area contributed by atoms with Crippen LogP contribution >= 0.6 is 0 Å². The minimum Gasteiger partial charge on any atom is -0.481 e. The van der Waals surface area contributed by atoms with Crippen LogP contribution < -0.4 is 5.32 Å². The van der Waals surface area contributed by atoms with Crippen LogP contribution in [0, 0.1) is 29.6 Å². The fraction of sp³-hybridized carbons (Fsp3) is 0.750. The summed E-state index contributed by atoms with van der Waals surface area (Å²) in [6, 6.07) is 0. The van der Waals surface area contributed by atoms with Crippen molar-refractivity contribution in [3.8, 4) is 11.8 Å². The van der Waals surface area contributed by atoms with E-state index in [1.54, 1.807) is 0 Å².